The molecule has 2 nitrogen and oxygen atoms in total. The summed E-state index contributed by atoms with van der Waals surface area (Å²) in [5.74, 6) is 0.396. The van der Waals surface area contributed by atoms with Gasteiger partial charge in [-0.2, -0.15) is 5.26 Å². The zero-order valence-corrected chi connectivity index (χ0v) is 13.1. The molecule has 118 valence electrons. The van der Waals surface area contributed by atoms with Crippen LogP contribution in [0.2, 0.25) is 0 Å². The lowest BCUT2D eigenvalue weighted by Gasteiger charge is -2.09. The van der Waals surface area contributed by atoms with E-state index in [-0.39, 0.29) is 12.2 Å². The molecule has 0 N–H and O–H groups in total. The minimum Gasteiger partial charge on any atom is -0.489 e. The van der Waals surface area contributed by atoms with Crippen molar-refractivity contribution >= 4 is 0 Å². The number of nitriles is 1. The SMILES string of the molecule is N#CCc1cccc(-c2ccc(OCc3ccccc3)cc2)c1F. The van der Waals surface area contributed by atoms with Crippen LogP contribution in [0.4, 0.5) is 4.39 Å². The second-order valence-electron chi connectivity index (χ2n) is 5.41. The van der Waals surface area contributed by atoms with Crippen molar-refractivity contribution in [3.8, 4) is 22.9 Å². The maximum atomic E-state index is 14.4. The monoisotopic (exact) mass is 317 g/mol. The molecule has 0 aliphatic carbocycles. The number of benzene rings is 3. The molecule has 0 spiro atoms. The summed E-state index contributed by atoms with van der Waals surface area (Å²) in [6.45, 7) is 0.492. The lowest BCUT2D eigenvalue weighted by molar-refractivity contribution is 0.306. The van der Waals surface area contributed by atoms with Gasteiger partial charge in [0.05, 0.1) is 12.5 Å². The number of hydrogen-bond donors (Lipinski definition) is 0. The Balaban J connectivity index is 1.75. The second kappa shape index (κ2) is 7.43. The van der Waals surface area contributed by atoms with E-state index >= 15 is 0 Å². The van der Waals surface area contributed by atoms with E-state index in [1.165, 1.54) is 0 Å². The molecule has 0 saturated heterocycles. The van der Waals surface area contributed by atoms with Gasteiger partial charge in [0.1, 0.15) is 18.2 Å². The highest BCUT2D eigenvalue weighted by atomic mass is 19.1. The van der Waals surface area contributed by atoms with Crippen LogP contribution in [0.15, 0.2) is 72.8 Å². The summed E-state index contributed by atoms with van der Waals surface area (Å²) >= 11 is 0. The fourth-order valence-corrected chi connectivity index (χ4v) is 2.50. The van der Waals surface area contributed by atoms with E-state index in [0.29, 0.717) is 17.7 Å². The van der Waals surface area contributed by atoms with Gasteiger partial charge in [-0.3, -0.25) is 0 Å². The van der Waals surface area contributed by atoms with Gasteiger partial charge in [-0.1, -0.05) is 60.7 Å². The van der Waals surface area contributed by atoms with Gasteiger partial charge < -0.3 is 4.74 Å². The molecule has 24 heavy (non-hydrogen) atoms. The molecule has 3 aromatic carbocycles. The molecule has 0 aliphatic heterocycles. The fourth-order valence-electron chi connectivity index (χ4n) is 2.50. The maximum Gasteiger partial charge on any atom is 0.135 e. The summed E-state index contributed by atoms with van der Waals surface area (Å²) in [6.07, 6.45) is 0.0674. The van der Waals surface area contributed by atoms with Crippen molar-refractivity contribution in [2.45, 2.75) is 13.0 Å². The molecular formula is C21H16FNO. The minimum absolute atomic E-state index is 0.0674. The molecular weight excluding hydrogens is 301 g/mol. The highest BCUT2D eigenvalue weighted by molar-refractivity contribution is 5.66. The van der Waals surface area contributed by atoms with Crippen molar-refractivity contribution in [2.75, 3.05) is 0 Å². The predicted molar refractivity (Wildman–Crippen MR) is 91.9 cm³/mol. The van der Waals surface area contributed by atoms with Crippen LogP contribution in [0.5, 0.6) is 5.75 Å². The maximum absolute atomic E-state index is 14.4. The average Bonchev–Trinajstić information content (AvgIpc) is 2.63. The van der Waals surface area contributed by atoms with E-state index in [0.717, 1.165) is 16.9 Å². The van der Waals surface area contributed by atoms with Crippen LogP contribution in [-0.4, -0.2) is 0 Å². The molecule has 3 heteroatoms. The highest BCUT2D eigenvalue weighted by Crippen LogP contribution is 2.27. The van der Waals surface area contributed by atoms with Crippen LogP contribution in [0.3, 0.4) is 0 Å². The predicted octanol–water partition coefficient (Wildman–Crippen LogP) is 5.14. The number of rotatable bonds is 5. The zero-order valence-electron chi connectivity index (χ0n) is 13.1. The number of nitrogens with zero attached hydrogens (tertiary/aromatic N) is 1. The van der Waals surface area contributed by atoms with Gasteiger partial charge in [-0.05, 0) is 23.3 Å². The molecule has 0 heterocycles. The Morgan fingerprint density at radius 3 is 2.33 bits per heavy atom. The Morgan fingerprint density at radius 2 is 1.62 bits per heavy atom. The molecule has 0 aliphatic rings. The Hall–Kier alpha value is -3.12. The van der Waals surface area contributed by atoms with Gasteiger partial charge in [0.15, 0.2) is 0 Å². The highest BCUT2D eigenvalue weighted by Gasteiger charge is 2.09. The average molecular weight is 317 g/mol. The first-order valence-electron chi connectivity index (χ1n) is 7.69. The van der Waals surface area contributed by atoms with E-state index in [1.54, 1.807) is 18.2 Å². The van der Waals surface area contributed by atoms with E-state index in [9.17, 15) is 4.39 Å². The van der Waals surface area contributed by atoms with Crippen LogP contribution in [0.25, 0.3) is 11.1 Å². The molecule has 0 bridgehead atoms. The van der Waals surface area contributed by atoms with Crippen LogP contribution in [-0.2, 0) is 13.0 Å². The van der Waals surface area contributed by atoms with Gasteiger partial charge in [-0.15, -0.1) is 0 Å². The van der Waals surface area contributed by atoms with Crippen LogP contribution < -0.4 is 4.74 Å². The van der Waals surface area contributed by atoms with E-state index in [1.807, 2.05) is 60.7 Å². The van der Waals surface area contributed by atoms with Crippen molar-refractivity contribution in [3.05, 3.63) is 89.7 Å². The molecule has 3 rings (SSSR count). The summed E-state index contributed by atoms with van der Waals surface area (Å²) in [5.41, 5.74) is 2.77. The Bertz CT molecular complexity index is 851. The summed E-state index contributed by atoms with van der Waals surface area (Å²) < 4.78 is 20.2. The first kappa shape index (κ1) is 15.8. The van der Waals surface area contributed by atoms with Crippen molar-refractivity contribution < 1.29 is 9.13 Å². The van der Waals surface area contributed by atoms with Crippen molar-refractivity contribution in [1.29, 1.82) is 5.26 Å². The number of ether oxygens (including phenoxy) is 1. The summed E-state index contributed by atoms with van der Waals surface area (Å²) in [5, 5.41) is 8.76. The number of halogens is 1. The van der Waals surface area contributed by atoms with E-state index < -0.39 is 0 Å². The smallest absolute Gasteiger partial charge is 0.135 e. The summed E-state index contributed by atoms with van der Waals surface area (Å²) in [7, 11) is 0. The molecule has 3 aromatic rings. The third-order valence-corrected chi connectivity index (χ3v) is 3.76. The molecule has 0 atom stereocenters. The summed E-state index contributed by atoms with van der Waals surface area (Å²) in [6, 6.07) is 24.3. The van der Waals surface area contributed by atoms with Gasteiger partial charge in [0.2, 0.25) is 0 Å². The third kappa shape index (κ3) is 3.61. The van der Waals surface area contributed by atoms with Crippen LogP contribution >= 0.6 is 0 Å². The van der Waals surface area contributed by atoms with Gasteiger partial charge in [0.25, 0.3) is 0 Å². The van der Waals surface area contributed by atoms with Gasteiger partial charge >= 0.3 is 0 Å². The minimum atomic E-state index is -0.336. The second-order valence-corrected chi connectivity index (χ2v) is 5.41. The first-order chi connectivity index (χ1) is 11.8. The molecule has 0 saturated carbocycles. The van der Waals surface area contributed by atoms with Crippen molar-refractivity contribution in [1.82, 2.24) is 0 Å². The Kier molecular flexibility index (Phi) is 4.88. The van der Waals surface area contributed by atoms with Crippen molar-refractivity contribution in [3.63, 3.8) is 0 Å². The quantitative estimate of drug-likeness (QED) is 0.653. The molecule has 0 amide bonds. The van der Waals surface area contributed by atoms with E-state index in [4.69, 9.17) is 10.00 Å². The Morgan fingerprint density at radius 1 is 0.875 bits per heavy atom. The number of hydrogen-bond acceptors (Lipinski definition) is 2. The normalized spacial score (nSPS) is 10.2. The molecule has 0 fully saturated rings. The zero-order chi connectivity index (χ0) is 16.8. The molecule has 0 unspecified atom stereocenters. The lowest BCUT2D eigenvalue weighted by atomic mass is 10.0. The first-order valence-corrected chi connectivity index (χ1v) is 7.69. The molecule has 0 radical (unpaired) electrons. The lowest BCUT2D eigenvalue weighted by Crippen LogP contribution is -1.95. The van der Waals surface area contributed by atoms with E-state index in [2.05, 4.69) is 0 Å². The topological polar surface area (TPSA) is 33.0 Å². The van der Waals surface area contributed by atoms with Crippen molar-refractivity contribution in [2.24, 2.45) is 0 Å². The summed E-state index contributed by atoms with van der Waals surface area (Å²) in [4.78, 5) is 0. The Labute approximate surface area is 140 Å². The van der Waals surface area contributed by atoms with Gasteiger partial charge in [-0.25, -0.2) is 4.39 Å². The molecule has 0 aromatic heterocycles. The van der Waals surface area contributed by atoms with Gasteiger partial charge in [0, 0.05) is 11.1 Å². The van der Waals surface area contributed by atoms with Crippen LogP contribution in [0.1, 0.15) is 11.1 Å². The largest absolute Gasteiger partial charge is 0.489 e. The third-order valence-electron chi connectivity index (χ3n) is 3.76. The fraction of sp³-hybridized carbons (Fsp3) is 0.0952. The standard InChI is InChI=1S/C21H16FNO/c22-21-18(13-14-23)7-4-8-20(21)17-9-11-19(12-10-17)24-15-16-5-2-1-3-6-16/h1-12H,13,15H2. The van der Waals surface area contributed by atoms with Crippen LogP contribution in [0, 0.1) is 17.1 Å².